The molecule has 0 aromatic heterocycles. The van der Waals surface area contributed by atoms with Crippen molar-refractivity contribution in [2.45, 2.75) is 37.8 Å². The van der Waals surface area contributed by atoms with E-state index in [0.717, 1.165) is 23.4 Å². The number of carbonyl (C=O) groups is 2. The Hall–Kier alpha value is -1.88. The van der Waals surface area contributed by atoms with Crippen LogP contribution >= 0.6 is 0 Å². The van der Waals surface area contributed by atoms with Crippen LogP contribution in [0.25, 0.3) is 0 Å². The third-order valence-electron chi connectivity index (χ3n) is 4.45. The Morgan fingerprint density at radius 3 is 2.62 bits per heavy atom. The first-order chi connectivity index (χ1) is 10.1. The lowest BCUT2D eigenvalue weighted by molar-refractivity contribution is 0.0606. The number of methoxy groups -OCH3 is 1. The molecule has 1 aliphatic carbocycles. The third kappa shape index (κ3) is 2.42. The van der Waals surface area contributed by atoms with E-state index in [9.17, 15) is 9.59 Å². The number of hydrogen-bond donors (Lipinski definition) is 1. The highest BCUT2D eigenvalue weighted by Crippen LogP contribution is 2.28. The number of carbonyl (C=O) groups excluding carboxylic acids is 2. The lowest BCUT2D eigenvalue weighted by Gasteiger charge is -2.31. The van der Waals surface area contributed by atoms with E-state index in [-0.39, 0.29) is 24.0 Å². The predicted molar refractivity (Wildman–Crippen MR) is 79.5 cm³/mol. The molecule has 2 unspecified atom stereocenters. The molecule has 1 saturated carbocycles. The first kappa shape index (κ1) is 14.1. The second-order valence-electron chi connectivity index (χ2n) is 5.74. The summed E-state index contributed by atoms with van der Waals surface area (Å²) in [5.74, 6) is -0.459. The molecule has 1 heterocycles. The molecule has 112 valence electrons. The maximum Gasteiger partial charge on any atom is 0.261 e. The lowest BCUT2D eigenvalue weighted by Crippen LogP contribution is -2.37. The normalized spacial score (nSPS) is 25.1. The van der Waals surface area contributed by atoms with Crippen molar-refractivity contribution in [2.24, 2.45) is 0 Å². The van der Waals surface area contributed by atoms with Gasteiger partial charge in [-0.2, -0.15) is 0 Å². The summed E-state index contributed by atoms with van der Waals surface area (Å²) in [5, 5.41) is 3.45. The molecule has 1 aromatic rings. The first-order valence-corrected chi connectivity index (χ1v) is 7.37. The van der Waals surface area contributed by atoms with E-state index < -0.39 is 0 Å². The third-order valence-corrected chi connectivity index (χ3v) is 4.45. The molecule has 3 rings (SSSR count). The topological polar surface area (TPSA) is 58.6 Å². The highest BCUT2D eigenvalue weighted by molar-refractivity contribution is 6.21. The lowest BCUT2D eigenvalue weighted by atomic mass is 9.92. The molecule has 2 atom stereocenters. The van der Waals surface area contributed by atoms with Crippen molar-refractivity contribution in [3.05, 3.63) is 29.3 Å². The molecule has 0 radical (unpaired) electrons. The summed E-state index contributed by atoms with van der Waals surface area (Å²) in [6, 6.07) is 5.63. The average molecular weight is 288 g/mol. The highest BCUT2D eigenvalue weighted by Gasteiger charge is 2.33. The summed E-state index contributed by atoms with van der Waals surface area (Å²) in [6.07, 6.45) is 4.69. The van der Waals surface area contributed by atoms with Crippen LogP contribution in [0.3, 0.4) is 0 Å². The van der Waals surface area contributed by atoms with Gasteiger partial charge in [-0.15, -0.1) is 0 Å². The fraction of sp³-hybridized carbons (Fsp3) is 0.500. The van der Waals surface area contributed by atoms with Gasteiger partial charge in [0, 0.05) is 19.8 Å². The molecular weight excluding hydrogens is 268 g/mol. The molecule has 5 nitrogen and oxygen atoms in total. The van der Waals surface area contributed by atoms with Crippen LogP contribution < -0.4 is 5.32 Å². The van der Waals surface area contributed by atoms with Crippen LogP contribution in [0.4, 0.5) is 5.69 Å². The molecule has 0 bridgehead atoms. The number of benzene rings is 1. The van der Waals surface area contributed by atoms with Gasteiger partial charge in [0.1, 0.15) is 0 Å². The zero-order valence-electron chi connectivity index (χ0n) is 12.4. The molecule has 2 aliphatic rings. The van der Waals surface area contributed by atoms with E-state index in [1.807, 2.05) is 6.07 Å². The zero-order chi connectivity index (χ0) is 15.0. The second-order valence-corrected chi connectivity index (χ2v) is 5.74. The van der Waals surface area contributed by atoms with Crippen molar-refractivity contribution in [3.63, 3.8) is 0 Å². The Labute approximate surface area is 124 Å². The Kier molecular flexibility index (Phi) is 3.68. The number of imide groups is 1. The quantitative estimate of drug-likeness (QED) is 0.867. The van der Waals surface area contributed by atoms with Crippen LogP contribution in [-0.4, -0.2) is 43.0 Å². The number of nitrogens with one attached hydrogen (secondary N) is 1. The van der Waals surface area contributed by atoms with E-state index in [0.29, 0.717) is 11.1 Å². The number of fused-ring (bicyclic) bond motifs is 1. The molecule has 1 N–H and O–H groups in total. The van der Waals surface area contributed by atoms with Crippen molar-refractivity contribution in [1.82, 2.24) is 4.90 Å². The molecule has 5 heteroatoms. The fourth-order valence-electron chi connectivity index (χ4n) is 3.21. The van der Waals surface area contributed by atoms with Gasteiger partial charge >= 0.3 is 0 Å². The number of ether oxygens (including phenoxy) is 1. The maximum atomic E-state index is 12.0. The smallest absolute Gasteiger partial charge is 0.261 e. The van der Waals surface area contributed by atoms with Gasteiger partial charge in [-0.1, -0.05) is 12.8 Å². The van der Waals surface area contributed by atoms with Crippen LogP contribution in [-0.2, 0) is 4.74 Å². The Morgan fingerprint density at radius 2 is 1.86 bits per heavy atom. The summed E-state index contributed by atoms with van der Waals surface area (Å²) >= 11 is 0. The Morgan fingerprint density at radius 1 is 1.14 bits per heavy atom. The number of rotatable bonds is 3. The minimum atomic E-state index is -0.231. The number of nitrogens with zero attached hydrogens (tertiary/aromatic N) is 1. The van der Waals surface area contributed by atoms with Crippen molar-refractivity contribution in [1.29, 1.82) is 0 Å². The SMILES string of the molecule is COC1CCCCC1Nc1ccc2c(c1)C(=O)N(C)C2=O. The van der Waals surface area contributed by atoms with Gasteiger partial charge < -0.3 is 10.1 Å². The van der Waals surface area contributed by atoms with Gasteiger partial charge in [-0.25, -0.2) is 0 Å². The van der Waals surface area contributed by atoms with E-state index >= 15 is 0 Å². The number of amides is 2. The monoisotopic (exact) mass is 288 g/mol. The fourth-order valence-corrected chi connectivity index (χ4v) is 3.21. The summed E-state index contributed by atoms with van der Waals surface area (Å²) in [4.78, 5) is 25.1. The average Bonchev–Trinajstić information content (AvgIpc) is 2.72. The minimum Gasteiger partial charge on any atom is -0.380 e. The maximum absolute atomic E-state index is 12.0. The summed E-state index contributed by atoms with van der Waals surface area (Å²) in [7, 11) is 3.25. The van der Waals surface area contributed by atoms with Crippen molar-refractivity contribution < 1.29 is 14.3 Å². The van der Waals surface area contributed by atoms with E-state index in [2.05, 4.69) is 5.32 Å². The summed E-state index contributed by atoms with van der Waals surface area (Å²) in [5.41, 5.74) is 1.84. The van der Waals surface area contributed by atoms with E-state index in [4.69, 9.17) is 4.74 Å². The van der Waals surface area contributed by atoms with E-state index in [1.165, 1.54) is 19.9 Å². The Bertz CT molecular complexity index is 585. The minimum absolute atomic E-state index is 0.201. The van der Waals surface area contributed by atoms with E-state index in [1.54, 1.807) is 19.2 Å². The largest absolute Gasteiger partial charge is 0.380 e. The molecule has 1 fully saturated rings. The van der Waals surface area contributed by atoms with Crippen molar-refractivity contribution in [2.75, 3.05) is 19.5 Å². The van der Waals surface area contributed by atoms with Gasteiger partial charge in [-0.05, 0) is 31.0 Å². The van der Waals surface area contributed by atoms with Gasteiger partial charge in [0.2, 0.25) is 0 Å². The molecule has 1 aromatic carbocycles. The number of anilines is 1. The summed E-state index contributed by atoms with van der Waals surface area (Å²) < 4.78 is 5.53. The number of hydrogen-bond acceptors (Lipinski definition) is 4. The molecule has 21 heavy (non-hydrogen) atoms. The molecular formula is C16H20N2O3. The molecule has 0 spiro atoms. The van der Waals surface area contributed by atoms with Crippen LogP contribution in [0, 0.1) is 0 Å². The van der Waals surface area contributed by atoms with Gasteiger partial charge in [0.25, 0.3) is 11.8 Å². The molecule has 1 aliphatic heterocycles. The standard InChI is InChI=1S/C16H20N2O3/c1-18-15(19)11-8-7-10(9-12(11)16(18)20)17-13-5-3-4-6-14(13)21-2/h7-9,13-14,17H,3-6H2,1-2H3. The van der Waals surface area contributed by atoms with Gasteiger partial charge in [0.05, 0.1) is 23.3 Å². The van der Waals surface area contributed by atoms with Gasteiger partial charge in [-0.3, -0.25) is 14.5 Å². The zero-order valence-corrected chi connectivity index (χ0v) is 12.4. The van der Waals surface area contributed by atoms with Crippen molar-refractivity contribution >= 4 is 17.5 Å². The van der Waals surface area contributed by atoms with Gasteiger partial charge in [0.15, 0.2) is 0 Å². The molecule has 2 amide bonds. The summed E-state index contributed by atoms with van der Waals surface area (Å²) in [6.45, 7) is 0. The van der Waals surface area contributed by atoms with Crippen LogP contribution in [0.15, 0.2) is 18.2 Å². The van der Waals surface area contributed by atoms with Crippen molar-refractivity contribution in [3.8, 4) is 0 Å². The molecule has 0 saturated heterocycles. The van der Waals surface area contributed by atoms with Crippen LogP contribution in [0.5, 0.6) is 0 Å². The van der Waals surface area contributed by atoms with Crippen LogP contribution in [0.2, 0.25) is 0 Å². The highest BCUT2D eigenvalue weighted by atomic mass is 16.5. The Balaban J connectivity index is 1.82. The predicted octanol–water partition coefficient (Wildman–Crippen LogP) is 2.28. The first-order valence-electron chi connectivity index (χ1n) is 7.37. The van der Waals surface area contributed by atoms with Crippen LogP contribution in [0.1, 0.15) is 46.4 Å². The second kappa shape index (κ2) is 5.48.